The molecule has 0 aliphatic rings. The van der Waals surface area contributed by atoms with Crippen molar-refractivity contribution < 1.29 is 19.1 Å². The van der Waals surface area contributed by atoms with E-state index in [9.17, 15) is 9.59 Å². The van der Waals surface area contributed by atoms with Gasteiger partial charge in [0.2, 0.25) is 11.8 Å². The van der Waals surface area contributed by atoms with E-state index in [-0.39, 0.29) is 11.8 Å². The number of nitrogens with zero attached hydrogens (tertiary/aromatic N) is 1. The Morgan fingerprint density at radius 3 is 2.38 bits per heavy atom. The quantitative estimate of drug-likeness (QED) is 0.509. The molecule has 2 aromatic carbocycles. The Hall–Kier alpha value is -3.32. The molecule has 0 atom stereocenters. The molecule has 0 aliphatic heterocycles. The molecule has 2 rings (SSSR count). The van der Waals surface area contributed by atoms with Gasteiger partial charge in [-0.25, -0.2) is 0 Å². The van der Waals surface area contributed by atoms with Crippen LogP contribution in [-0.2, 0) is 9.59 Å². The van der Waals surface area contributed by atoms with Crippen molar-refractivity contribution in [2.45, 2.75) is 27.7 Å². The molecule has 0 aliphatic carbocycles. The van der Waals surface area contributed by atoms with Crippen molar-refractivity contribution in [1.82, 2.24) is 4.90 Å². The van der Waals surface area contributed by atoms with Gasteiger partial charge in [-0.15, -0.1) is 0 Å². The van der Waals surface area contributed by atoms with E-state index in [1.807, 2.05) is 56.9 Å². The second-order valence-electron chi connectivity index (χ2n) is 7.21. The number of anilines is 2. The van der Waals surface area contributed by atoms with Gasteiger partial charge in [0.15, 0.2) is 11.5 Å². The van der Waals surface area contributed by atoms with Crippen LogP contribution in [0, 0.1) is 6.92 Å². The highest BCUT2D eigenvalue weighted by Gasteiger charge is 2.10. The Morgan fingerprint density at radius 2 is 1.75 bits per heavy atom. The van der Waals surface area contributed by atoms with Gasteiger partial charge in [0, 0.05) is 17.5 Å². The van der Waals surface area contributed by atoms with Crippen LogP contribution in [0.4, 0.5) is 11.4 Å². The lowest BCUT2D eigenvalue weighted by molar-refractivity contribution is -0.117. The zero-order chi connectivity index (χ0) is 23.5. The fourth-order valence-electron chi connectivity index (χ4n) is 3.14. The van der Waals surface area contributed by atoms with E-state index in [1.165, 1.54) is 6.08 Å². The molecule has 0 unspecified atom stereocenters. The summed E-state index contributed by atoms with van der Waals surface area (Å²) in [5, 5.41) is 5.77. The number of methoxy groups -OCH3 is 1. The fraction of sp³-hybridized carbons (Fsp3) is 0.360. The maximum absolute atomic E-state index is 12.3. The monoisotopic (exact) mass is 439 g/mol. The van der Waals surface area contributed by atoms with Crippen LogP contribution in [0.25, 0.3) is 6.08 Å². The van der Waals surface area contributed by atoms with E-state index >= 15 is 0 Å². The first-order valence-electron chi connectivity index (χ1n) is 10.8. The Morgan fingerprint density at radius 1 is 1.00 bits per heavy atom. The lowest BCUT2D eigenvalue weighted by atomic mass is 10.1. The van der Waals surface area contributed by atoms with Crippen molar-refractivity contribution in [1.29, 1.82) is 0 Å². The van der Waals surface area contributed by atoms with Crippen LogP contribution in [0.15, 0.2) is 42.5 Å². The molecular weight excluding hydrogens is 406 g/mol. The summed E-state index contributed by atoms with van der Waals surface area (Å²) in [7, 11) is 1.58. The predicted molar refractivity (Wildman–Crippen MR) is 129 cm³/mol. The van der Waals surface area contributed by atoms with Crippen LogP contribution in [0.2, 0.25) is 0 Å². The van der Waals surface area contributed by atoms with Crippen LogP contribution in [0.3, 0.4) is 0 Å². The first-order valence-corrected chi connectivity index (χ1v) is 10.8. The number of amides is 2. The van der Waals surface area contributed by atoms with Gasteiger partial charge in [-0.1, -0.05) is 19.9 Å². The maximum Gasteiger partial charge on any atom is 0.248 e. The summed E-state index contributed by atoms with van der Waals surface area (Å²) in [6, 6.07) is 10.9. The Kier molecular flexibility index (Phi) is 9.76. The smallest absolute Gasteiger partial charge is 0.248 e. The highest BCUT2D eigenvalue weighted by molar-refractivity contribution is 6.02. The topological polar surface area (TPSA) is 79.9 Å². The molecule has 0 heterocycles. The van der Waals surface area contributed by atoms with Crippen LogP contribution in [0.1, 0.15) is 31.9 Å². The molecule has 2 amide bonds. The minimum atomic E-state index is -0.254. The van der Waals surface area contributed by atoms with Crippen molar-refractivity contribution in [2.75, 3.05) is 44.0 Å². The van der Waals surface area contributed by atoms with E-state index in [0.717, 1.165) is 29.9 Å². The van der Waals surface area contributed by atoms with Gasteiger partial charge in [-0.2, -0.15) is 0 Å². The number of rotatable bonds is 11. The zero-order valence-corrected chi connectivity index (χ0v) is 19.5. The number of nitrogens with one attached hydrogen (secondary N) is 2. The lowest BCUT2D eigenvalue weighted by Gasteiger charge is -2.18. The summed E-state index contributed by atoms with van der Waals surface area (Å²) in [5.74, 6) is 0.970. The summed E-state index contributed by atoms with van der Waals surface area (Å²) in [5.41, 5.74) is 3.08. The maximum atomic E-state index is 12.3. The summed E-state index contributed by atoms with van der Waals surface area (Å²) in [4.78, 5) is 26.6. The van der Waals surface area contributed by atoms with E-state index in [2.05, 4.69) is 10.6 Å². The minimum Gasteiger partial charge on any atom is -0.493 e. The third kappa shape index (κ3) is 7.42. The molecular formula is C25H33N3O4. The molecule has 7 nitrogen and oxygen atoms in total. The molecule has 0 aromatic heterocycles. The molecule has 2 N–H and O–H groups in total. The van der Waals surface area contributed by atoms with E-state index in [4.69, 9.17) is 9.47 Å². The standard InChI is InChI=1S/C25H33N3O4/c1-6-28(7-2)17-25(30)27-21-12-11-20(15-18(21)4)26-24(29)14-10-19-9-13-22(32-8-3)23(16-19)31-5/h9-16H,6-8,17H2,1-5H3,(H,26,29)(H,27,30)/b14-10+. The zero-order valence-electron chi connectivity index (χ0n) is 19.5. The Balaban J connectivity index is 1.98. The lowest BCUT2D eigenvalue weighted by Crippen LogP contribution is -2.33. The van der Waals surface area contributed by atoms with Crippen LogP contribution in [0.5, 0.6) is 11.5 Å². The van der Waals surface area contributed by atoms with Crippen LogP contribution >= 0.6 is 0 Å². The first-order chi connectivity index (χ1) is 15.4. The molecule has 0 radical (unpaired) electrons. The summed E-state index contributed by atoms with van der Waals surface area (Å²) >= 11 is 0. The van der Waals surface area contributed by atoms with Crippen molar-refractivity contribution in [3.8, 4) is 11.5 Å². The summed E-state index contributed by atoms with van der Waals surface area (Å²) in [6.07, 6.45) is 3.17. The van der Waals surface area contributed by atoms with E-state index in [1.54, 1.807) is 25.3 Å². The van der Waals surface area contributed by atoms with Crippen LogP contribution < -0.4 is 20.1 Å². The molecule has 172 valence electrons. The molecule has 2 aromatic rings. The van der Waals surface area contributed by atoms with Crippen molar-refractivity contribution in [2.24, 2.45) is 0 Å². The normalized spacial score (nSPS) is 10.9. The number of ether oxygens (including phenoxy) is 2. The average molecular weight is 440 g/mol. The first kappa shape index (κ1) is 24.9. The van der Waals surface area contributed by atoms with Gasteiger partial charge in [0.05, 0.1) is 20.3 Å². The fourth-order valence-corrected chi connectivity index (χ4v) is 3.14. The molecule has 0 fully saturated rings. The van der Waals surface area contributed by atoms with Gasteiger partial charge in [0.1, 0.15) is 0 Å². The second-order valence-corrected chi connectivity index (χ2v) is 7.21. The molecule has 0 saturated heterocycles. The van der Waals surface area contributed by atoms with Crippen molar-refractivity contribution >= 4 is 29.3 Å². The number of carbonyl (C=O) groups excluding carboxylic acids is 2. The number of likely N-dealkylation sites (N-methyl/N-ethyl adjacent to an activating group) is 1. The molecule has 7 heteroatoms. The second kappa shape index (κ2) is 12.5. The Bertz CT molecular complexity index is 952. The Labute approximate surface area is 190 Å². The number of hydrogen-bond acceptors (Lipinski definition) is 5. The van der Waals surface area contributed by atoms with Gasteiger partial charge in [-0.3, -0.25) is 14.5 Å². The van der Waals surface area contributed by atoms with Gasteiger partial charge < -0.3 is 20.1 Å². The molecule has 0 spiro atoms. The average Bonchev–Trinajstić information content (AvgIpc) is 2.78. The largest absolute Gasteiger partial charge is 0.493 e. The summed E-state index contributed by atoms with van der Waals surface area (Å²) in [6.45, 7) is 10.4. The third-order valence-electron chi connectivity index (χ3n) is 4.94. The molecule has 0 bridgehead atoms. The number of carbonyl (C=O) groups is 2. The highest BCUT2D eigenvalue weighted by Crippen LogP contribution is 2.28. The van der Waals surface area contributed by atoms with Gasteiger partial charge in [-0.05, 0) is 74.5 Å². The number of aryl methyl sites for hydroxylation is 1. The van der Waals surface area contributed by atoms with Crippen molar-refractivity contribution in [3.63, 3.8) is 0 Å². The summed E-state index contributed by atoms with van der Waals surface area (Å²) < 4.78 is 10.8. The minimum absolute atomic E-state index is 0.0534. The molecule has 32 heavy (non-hydrogen) atoms. The van der Waals surface area contributed by atoms with E-state index < -0.39 is 0 Å². The van der Waals surface area contributed by atoms with Gasteiger partial charge in [0.25, 0.3) is 0 Å². The van der Waals surface area contributed by atoms with Crippen molar-refractivity contribution in [3.05, 3.63) is 53.6 Å². The van der Waals surface area contributed by atoms with E-state index in [0.29, 0.717) is 30.3 Å². The number of benzene rings is 2. The highest BCUT2D eigenvalue weighted by atomic mass is 16.5. The van der Waals surface area contributed by atoms with Gasteiger partial charge >= 0.3 is 0 Å². The third-order valence-corrected chi connectivity index (χ3v) is 4.94. The molecule has 0 saturated carbocycles. The number of hydrogen-bond donors (Lipinski definition) is 2. The predicted octanol–water partition coefficient (Wildman–Crippen LogP) is 4.33. The van der Waals surface area contributed by atoms with Crippen LogP contribution in [-0.4, -0.2) is 50.1 Å². The SMILES string of the molecule is CCOc1ccc(/C=C/C(=O)Nc2ccc(NC(=O)CN(CC)CC)c(C)c2)cc1OC.